The van der Waals surface area contributed by atoms with Crippen molar-refractivity contribution in [3.63, 3.8) is 0 Å². The Labute approximate surface area is 79.7 Å². The summed E-state index contributed by atoms with van der Waals surface area (Å²) in [6.45, 7) is 0. The molecule has 0 saturated carbocycles. The third-order valence-electron chi connectivity index (χ3n) is 1.31. The molecule has 0 spiro atoms. The summed E-state index contributed by atoms with van der Waals surface area (Å²) in [5.74, 6) is 0. The molecule has 0 radical (unpaired) electrons. The molecule has 2 aromatic heterocycles. The minimum absolute atomic E-state index is 0.819. The van der Waals surface area contributed by atoms with E-state index in [-0.39, 0.29) is 0 Å². The Bertz CT molecular complexity index is 396. The minimum atomic E-state index is 0.819. The lowest BCUT2D eigenvalue weighted by molar-refractivity contribution is 0.914. The van der Waals surface area contributed by atoms with Gasteiger partial charge in [-0.3, -0.25) is 0 Å². The monoisotopic (exact) mass is 275 g/mol. The smallest absolute Gasteiger partial charge is 0.170 e. The third-order valence-corrected chi connectivity index (χ3v) is 2.47. The van der Waals surface area contributed by atoms with Crippen LogP contribution in [0.5, 0.6) is 0 Å². The summed E-state index contributed by atoms with van der Waals surface area (Å²) in [5, 5.41) is 4.08. The fraction of sp³-hybridized carbons (Fsp3) is 0. The standard InChI is InChI=1S/C6H3Br2N3/c7-4-3-10-11-5(8)1-2-9-6(4)11/h1-3H. The van der Waals surface area contributed by atoms with Gasteiger partial charge in [0, 0.05) is 6.20 Å². The van der Waals surface area contributed by atoms with Crippen LogP contribution >= 0.6 is 31.9 Å². The summed E-state index contributed by atoms with van der Waals surface area (Å²) in [4.78, 5) is 4.13. The van der Waals surface area contributed by atoms with E-state index in [1.54, 1.807) is 16.9 Å². The molecule has 0 aliphatic carbocycles. The average molecular weight is 277 g/mol. The SMILES string of the molecule is Brc1cnn2c(Br)ccnc12. The zero-order chi connectivity index (χ0) is 7.84. The van der Waals surface area contributed by atoms with E-state index in [4.69, 9.17) is 0 Å². The van der Waals surface area contributed by atoms with E-state index in [1.807, 2.05) is 6.07 Å². The van der Waals surface area contributed by atoms with Gasteiger partial charge in [-0.2, -0.15) is 5.10 Å². The summed E-state index contributed by atoms with van der Waals surface area (Å²) in [5.41, 5.74) is 0.819. The molecule has 0 saturated heterocycles. The molecule has 0 aliphatic rings. The molecule has 0 unspecified atom stereocenters. The Morgan fingerprint density at radius 2 is 2.18 bits per heavy atom. The van der Waals surface area contributed by atoms with Crippen molar-refractivity contribution in [3.8, 4) is 0 Å². The fourth-order valence-corrected chi connectivity index (χ4v) is 1.57. The Balaban J connectivity index is 2.94. The molecule has 11 heavy (non-hydrogen) atoms. The van der Waals surface area contributed by atoms with Crippen molar-refractivity contribution >= 4 is 37.5 Å². The Morgan fingerprint density at radius 3 is 2.91 bits per heavy atom. The topological polar surface area (TPSA) is 30.2 Å². The second-order valence-corrected chi connectivity index (χ2v) is 3.66. The number of rotatable bonds is 0. The highest BCUT2D eigenvalue weighted by atomic mass is 79.9. The van der Waals surface area contributed by atoms with Gasteiger partial charge in [0.2, 0.25) is 0 Å². The fourth-order valence-electron chi connectivity index (χ4n) is 0.835. The molecule has 0 bridgehead atoms. The predicted octanol–water partition coefficient (Wildman–Crippen LogP) is 2.25. The lowest BCUT2D eigenvalue weighted by Gasteiger charge is -1.93. The first kappa shape index (κ1) is 7.24. The van der Waals surface area contributed by atoms with Gasteiger partial charge in [-0.1, -0.05) is 0 Å². The molecular weight excluding hydrogens is 274 g/mol. The van der Waals surface area contributed by atoms with Crippen molar-refractivity contribution in [1.82, 2.24) is 14.6 Å². The molecule has 2 heterocycles. The summed E-state index contributed by atoms with van der Waals surface area (Å²) < 4.78 is 3.51. The second kappa shape index (κ2) is 2.57. The largest absolute Gasteiger partial charge is 0.236 e. The summed E-state index contributed by atoms with van der Waals surface area (Å²) in [6.07, 6.45) is 3.44. The van der Waals surface area contributed by atoms with Crippen molar-refractivity contribution in [3.05, 3.63) is 27.5 Å². The van der Waals surface area contributed by atoms with E-state index >= 15 is 0 Å². The van der Waals surface area contributed by atoms with Crippen molar-refractivity contribution in [2.24, 2.45) is 0 Å². The second-order valence-electron chi connectivity index (χ2n) is 2.00. The number of aromatic nitrogens is 3. The maximum atomic E-state index is 4.13. The summed E-state index contributed by atoms with van der Waals surface area (Å²) in [7, 11) is 0. The lowest BCUT2D eigenvalue weighted by Crippen LogP contribution is -1.90. The zero-order valence-electron chi connectivity index (χ0n) is 5.33. The highest BCUT2D eigenvalue weighted by Crippen LogP contribution is 2.18. The minimum Gasteiger partial charge on any atom is -0.236 e. The number of hydrogen-bond donors (Lipinski definition) is 0. The molecule has 0 amide bonds. The van der Waals surface area contributed by atoms with Gasteiger partial charge < -0.3 is 0 Å². The van der Waals surface area contributed by atoms with Gasteiger partial charge in [-0.05, 0) is 37.9 Å². The molecule has 3 nitrogen and oxygen atoms in total. The van der Waals surface area contributed by atoms with Crippen molar-refractivity contribution in [1.29, 1.82) is 0 Å². The van der Waals surface area contributed by atoms with Crippen LogP contribution in [0.15, 0.2) is 27.5 Å². The lowest BCUT2D eigenvalue weighted by atomic mass is 10.6. The first-order chi connectivity index (χ1) is 5.29. The average Bonchev–Trinajstić information content (AvgIpc) is 2.35. The maximum Gasteiger partial charge on any atom is 0.170 e. The van der Waals surface area contributed by atoms with Crippen molar-refractivity contribution in [2.75, 3.05) is 0 Å². The highest BCUT2D eigenvalue weighted by molar-refractivity contribution is 9.11. The third kappa shape index (κ3) is 1.08. The van der Waals surface area contributed by atoms with Crippen LogP contribution in [0.2, 0.25) is 0 Å². The molecule has 2 aromatic rings. The molecule has 0 aliphatic heterocycles. The zero-order valence-corrected chi connectivity index (χ0v) is 8.50. The van der Waals surface area contributed by atoms with Gasteiger partial charge in [0.15, 0.2) is 5.65 Å². The normalized spacial score (nSPS) is 10.7. The summed E-state index contributed by atoms with van der Waals surface area (Å²) in [6, 6.07) is 1.84. The molecule has 2 rings (SSSR count). The Morgan fingerprint density at radius 1 is 1.36 bits per heavy atom. The van der Waals surface area contributed by atoms with E-state index in [2.05, 4.69) is 41.9 Å². The number of hydrogen-bond acceptors (Lipinski definition) is 2. The number of nitrogens with zero attached hydrogens (tertiary/aromatic N) is 3. The molecule has 5 heteroatoms. The van der Waals surface area contributed by atoms with Gasteiger partial charge in [-0.25, -0.2) is 9.50 Å². The number of halogens is 2. The molecule has 0 N–H and O–H groups in total. The quantitative estimate of drug-likeness (QED) is 0.691. The van der Waals surface area contributed by atoms with Crippen LogP contribution in [0.25, 0.3) is 5.65 Å². The number of fused-ring (bicyclic) bond motifs is 1. The van der Waals surface area contributed by atoms with Crippen molar-refractivity contribution < 1.29 is 0 Å². The van der Waals surface area contributed by atoms with Gasteiger partial charge in [0.25, 0.3) is 0 Å². The Kier molecular flexibility index (Phi) is 1.69. The highest BCUT2D eigenvalue weighted by Gasteiger charge is 2.02. The van der Waals surface area contributed by atoms with Crippen molar-refractivity contribution in [2.45, 2.75) is 0 Å². The van der Waals surface area contributed by atoms with Crippen LogP contribution in [-0.4, -0.2) is 14.6 Å². The van der Waals surface area contributed by atoms with E-state index in [9.17, 15) is 0 Å². The van der Waals surface area contributed by atoms with E-state index in [1.165, 1.54) is 0 Å². The van der Waals surface area contributed by atoms with Crippen LogP contribution in [0.4, 0.5) is 0 Å². The maximum absolute atomic E-state index is 4.13. The molecular formula is C6H3Br2N3. The van der Waals surface area contributed by atoms with Gasteiger partial charge in [0.05, 0.1) is 10.7 Å². The predicted molar refractivity (Wildman–Crippen MR) is 48.4 cm³/mol. The van der Waals surface area contributed by atoms with Crippen LogP contribution in [-0.2, 0) is 0 Å². The molecule has 56 valence electrons. The Hall–Kier alpha value is -0.420. The summed E-state index contributed by atoms with van der Waals surface area (Å²) >= 11 is 6.68. The first-order valence-electron chi connectivity index (χ1n) is 2.93. The molecule has 0 aromatic carbocycles. The van der Waals surface area contributed by atoms with E-state index in [0.29, 0.717) is 0 Å². The van der Waals surface area contributed by atoms with Crippen LogP contribution < -0.4 is 0 Å². The van der Waals surface area contributed by atoms with E-state index in [0.717, 1.165) is 14.7 Å². The van der Waals surface area contributed by atoms with Gasteiger partial charge in [-0.15, -0.1) is 0 Å². The van der Waals surface area contributed by atoms with Gasteiger partial charge in [0.1, 0.15) is 4.60 Å². The van der Waals surface area contributed by atoms with Gasteiger partial charge >= 0.3 is 0 Å². The van der Waals surface area contributed by atoms with Crippen LogP contribution in [0.3, 0.4) is 0 Å². The van der Waals surface area contributed by atoms with Crippen LogP contribution in [0.1, 0.15) is 0 Å². The first-order valence-corrected chi connectivity index (χ1v) is 4.51. The van der Waals surface area contributed by atoms with E-state index < -0.39 is 0 Å². The molecule has 0 atom stereocenters. The van der Waals surface area contributed by atoms with Crippen LogP contribution in [0, 0.1) is 0 Å². The molecule has 0 fully saturated rings.